The first-order chi connectivity index (χ1) is 12.5. The van der Waals surface area contributed by atoms with Crippen LogP contribution in [0.2, 0.25) is 15.1 Å². The van der Waals surface area contributed by atoms with Gasteiger partial charge in [0.25, 0.3) is 5.95 Å². The summed E-state index contributed by atoms with van der Waals surface area (Å²) in [6, 6.07) is 12.7. The third kappa shape index (κ3) is 4.62. The summed E-state index contributed by atoms with van der Waals surface area (Å²) in [6.07, 6.45) is 1.55. The van der Waals surface area contributed by atoms with Gasteiger partial charge in [-0.05, 0) is 23.8 Å². The molecule has 6 nitrogen and oxygen atoms in total. The van der Waals surface area contributed by atoms with Crippen molar-refractivity contribution in [1.29, 1.82) is 0 Å². The highest BCUT2D eigenvalue weighted by Crippen LogP contribution is 2.25. The lowest BCUT2D eigenvalue weighted by Crippen LogP contribution is -2.13. The second kappa shape index (κ2) is 8.64. The zero-order chi connectivity index (χ0) is 18.5. The van der Waals surface area contributed by atoms with Gasteiger partial charge in [-0.1, -0.05) is 70.8 Å². The van der Waals surface area contributed by atoms with E-state index >= 15 is 0 Å². The van der Waals surface area contributed by atoms with Crippen LogP contribution in [0.15, 0.2) is 52.7 Å². The van der Waals surface area contributed by atoms with Gasteiger partial charge in [-0.2, -0.15) is 5.10 Å². The van der Waals surface area contributed by atoms with E-state index in [0.717, 1.165) is 5.56 Å². The number of nitrogens with two attached hydrogens (primary N) is 1. The lowest BCUT2D eigenvalue weighted by molar-refractivity contribution is 0.847. The Morgan fingerprint density at radius 2 is 1.92 bits per heavy atom. The van der Waals surface area contributed by atoms with E-state index in [9.17, 15) is 0 Å². The van der Waals surface area contributed by atoms with E-state index in [4.69, 9.17) is 40.6 Å². The maximum absolute atomic E-state index is 6.15. The topological polar surface area (TPSA) is 81.1 Å². The Hall–Kier alpha value is -1.93. The number of halogens is 3. The summed E-state index contributed by atoms with van der Waals surface area (Å²) in [5, 5.41) is 14.4. The fourth-order valence-corrected chi connectivity index (χ4v) is 3.57. The average Bonchev–Trinajstić information content (AvgIpc) is 2.96. The fourth-order valence-electron chi connectivity index (χ4n) is 1.98. The van der Waals surface area contributed by atoms with Crippen molar-refractivity contribution in [2.45, 2.75) is 10.9 Å². The van der Waals surface area contributed by atoms with Crippen molar-refractivity contribution in [3.63, 3.8) is 0 Å². The van der Waals surface area contributed by atoms with Crippen LogP contribution in [-0.2, 0) is 5.75 Å². The molecule has 1 heterocycles. The van der Waals surface area contributed by atoms with Crippen molar-refractivity contribution in [2.75, 3.05) is 11.3 Å². The highest BCUT2D eigenvalue weighted by atomic mass is 35.5. The summed E-state index contributed by atoms with van der Waals surface area (Å²) in [6.45, 7) is 0. The normalized spacial score (nSPS) is 11.2. The molecule has 1 aromatic heterocycles. The lowest BCUT2D eigenvalue weighted by atomic mass is 10.2. The number of thioether (sulfide) groups is 1. The second-order valence-corrected chi connectivity index (χ2v) is 7.29. The van der Waals surface area contributed by atoms with Gasteiger partial charge in [0.2, 0.25) is 5.16 Å². The smallest absolute Gasteiger partial charge is 0.264 e. The molecular weight excluding hydrogens is 415 g/mol. The van der Waals surface area contributed by atoms with Crippen molar-refractivity contribution < 1.29 is 0 Å². The van der Waals surface area contributed by atoms with E-state index in [0.29, 0.717) is 37.5 Å². The molecule has 3 rings (SSSR count). The first kappa shape index (κ1) is 18.8. The number of hydrazone groups is 1. The predicted octanol–water partition coefficient (Wildman–Crippen LogP) is 4.69. The molecule has 0 unspecified atom stereocenters. The molecule has 0 saturated heterocycles. The van der Waals surface area contributed by atoms with Gasteiger partial charge >= 0.3 is 0 Å². The minimum atomic E-state index is 0.299. The van der Waals surface area contributed by atoms with Gasteiger partial charge in [0.05, 0.1) is 11.2 Å². The van der Waals surface area contributed by atoms with E-state index in [1.165, 1.54) is 16.4 Å². The van der Waals surface area contributed by atoms with Crippen LogP contribution in [0.1, 0.15) is 11.1 Å². The van der Waals surface area contributed by atoms with Crippen LogP contribution in [0.5, 0.6) is 0 Å². The van der Waals surface area contributed by atoms with Crippen LogP contribution >= 0.6 is 46.6 Å². The molecule has 0 radical (unpaired) electrons. The highest BCUT2D eigenvalue weighted by molar-refractivity contribution is 7.98. The molecule has 0 spiro atoms. The molecule has 0 aliphatic heterocycles. The molecule has 134 valence electrons. The van der Waals surface area contributed by atoms with E-state index in [2.05, 4.69) is 20.7 Å². The molecule has 0 aliphatic carbocycles. The maximum atomic E-state index is 6.15. The number of anilines is 1. The Bertz CT molecular complexity index is 943. The summed E-state index contributed by atoms with van der Waals surface area (Å²) in [5.41, 5.74) is 4.44. The van der Waals surface area contributed by atoms with Gasteiger partial charge in [-0.15, -0.1) is 10.2 Å². The molecule has 0 aliphatic rings. The van der Waals surface area contributed by atoms with Crippen molar-refractivity contribution in [3.05, 3.63) is 68.7 Å². The summed E-state index contributed by atoms with van der Waals surface area (Å²) in [4.78, 5) is 0. The van der Waals surface area contributed by atoms with Crippen molar-refractivity contribution in [1.82, 2.24) is 14.9 Å². The molecule has 0 amide bonds. The third-order valence-corrected chi connectivity index (χ3v) is 5.23. The molecule has 0 atom stereocenters. The number of aromatic nitrogens is 3. The molecule has 3 N–H and O–H groups in total. The Kier molecular flexibility index (Phi) is 6.26. The highest BCUT2D eigenvalue weighted by Gasteiger charge is 2.10. The SMILES string of the molecule is Nn1c(N/N=C/c2ccc(Cl)cc2Cl)nnc1SCc1ccccc1Cl. The number of benzene rings is 2. The van der Waals surface area contributed by atoms with Crippen LogP contribution in [0.3, 0.4) is 0 Å². The Morgan fingerprint density at radius 3 is 2.69 bits per heavy atom. The van der Waals surface area contributed by atoms with Crippen molar-refractivity contribution >= 4 is 58.7 Å². The summed E-state index contributed by atoms with van der Waals surface area (Å²) < 4.78 is 1.32. The van der Waals surface area contributed by atoms with E-state index < -0.39 is 0 Å². The molecular formula is C16H13Cl3N6S. The second-order valence-electron chi connectivity index (χ2n) is 5.09. The lowest BCUT2D eigenvalue weighted by Gasteiger charge is -2.04. The monoisotopic (exact) mass is 426 g/mol. The quantitative estimate of drug-likeness (QED) is 0.258. The summed E-state index contributed by atoms with van der Waals surface area (Å²) in [7, 11) is 0. The van der Waals surface area contributed by atoms with Gasteiger partial charge in [-0.25, -0.2) is 10.1 Å². The summed E-state index contributed by atoms with van der Waals surface area (Å²) >= 11 is 19.5. The molecule has 0 bridgehead atoms. The van der Waals surface area contributed by atoms with Crippen LogP contribution in [0.4, 0.5) is 5.95 Å². The molecule has 0 fully saturated rings. The number of rotatable bonds is 6. The standard InChI is InChI=1S/C16H13Cl3N6S/c17-12-6-5-10(14(19)7-12)8-21-22-15-23-24-16(25(15)20)26-9-11-3-1-2-4-13(11)18/h1-8H,9,20H2,(H,22,23)/b21-8+. The maximum Gasteiger partial charge on any atom is 0.264 e. The largest absolute Gasteiger partial charge is 0.334 e. The number of nitrogen functional groups attached to an aromatic ring is 1. The van der Waals surface area contributed by atoms with Crippen LogP contribution in [-0.4, -0.2) is 21.1 Å². The minimum absolute atomic E-state index is 0.299. The van der Waals surface area contributed by atoms with Gasteiger partial charge < -0.3 is 5.84 Å². The van der Waals surface area contributed by atoms with E-state index in [1.807, 2.05) is 24.3 Å². The number of hydrogen-bond donors (Lipinski definition) is 2. The van der Waals surface area contributed by atoms with Crippen molar-refractivity contribution in [2.24, 2.45) is 5.10 Å². The van der Waals surface area contributed by atoms with Gasteiger partial charge in [0.15, 0.2) is 0 Å². The van der Waals surface area contributed by atoms with Gasteiger partial charge in [0.1, 0.15) is 0 Å². The Balaban J connectivity index is 1.63. The first-order valence-corrected chi connectivity index (χ1v) is 9.47. The number of hydrogen-bond acceptors (Lipinski definition) is 6. The average molecular weight is 428 g/mol. The zero-order valence-electron chi connectivity index (χ0n) is 13.2. The number of nitrogens with one attached hydrogen (secondary N) is 1. The Labute approximate surface area is 169 Å². The molecule has 0 saturated carbocycles. The third-order valence-electron chi connectivity index (χ3n) is 3.31. The van der Waals surface area contributed by atoms with E-state index in [1.54, 1.807) is 24.4 Å². The van der Waals surface area contributed by atoms with Crippen LogP contribution < -0.4 is 11.3 Å². The predicted molar refractivity (Wildman–Crippen MR) is 109 cm³/mol. The first-order valence-electron chi connectivity index (χ1n) is 7.35. The minimum Gasteiger partial charge on any atom is -0.334 e. The molecule has 3 aromatic rings. The molecule has 2 aromatic carbocycles. The zero-order valence-corrected chi connectivity index (χ0v) is 16.3. The number of nitrogens with zero attached hydrogens (tertiary/aromatic N) is 4. The molecule has 26 heavy (non-hydrogen) atoms. The van der Waals surface area contributed by atoms with Gasteiger partial charge in [-0.3, -0.25) is 0 Å². The summed E-state index contributed by atoms with van der Waals surface area (Å²) in [5.74, 6) is 6.92. The van der Waals surface area contributed by atoms with Gasteiger partial charge in [0, 0.05) is 21.4 Å². The van der Waals surface area contributed by atoms with Crippen molar-refractivity contribution in [3.8, 4) is 0 Å². The fraction of sp³-hybridized carbons (Fsp3) is 0.0625. The molecule has 10 heteroatoms. The van der Waals surface area contributed by atoms with E-state index in [-0.39, 0.29) is 0 Å². The van der Waals surface area contributed by atoms with Crippen LogP contribution in [0, 0.1) is 0 Å². The Morgan fingerprint density at radius 1 is 1.12 bits per heavy atom. The van der Waals surface area contributed by atoms with Crippen LogP contribution in [0.25, 0.3) is 0 Å².